The van der Waals surface area contributed by atoms with Crippen molar-refractivity contribution in [3.8, 4) is 0 Å². The standard InChI is InChI=1S/C7H15N.C2H6.H2/c1-2-7-4-3-5-8-6-7;1-2;/h7-8H,2-6H2,1H3;1-2H3;1H. The van der Waals surface area contributed by atoms with Gasteiger partial charge < -0.3 is 5.32 Å². The molecule has 1 rings (SSSR count). The normalized spacial score (nSPS) is 24.9. The molecular weight excluding hydrogens is 122 g/mol. The summed E-state index contributed by atoms with van der Waals surface area (Å²) < 4.78 is 0. The van der Waals surface area contributed by atoms with Gasteiger partial charge in [0, 0.05) is 1.43 Å². The molecule has 1 saturated heterocycles. The van der Waals surface area contributed by atoms with Crippen molar-refractivity contribution in [3.05, 3.63) is 0 Å². The summed E-state index contributed by atoms with van der Waals surface area (Å²) in [5.41, 5.74) is 0. The Morgan fingerprint density at radius 3 is 2.50 bits per heavy atom. The third-order valence-corrected chi connectivity index (χ3v) is 1.98. The van der Waals surface area contributed by atoms with Crippen LogP contribution in [0.25, 0.3) is 0 Å². The van der Waals surface area contributed by atoms with Crippen LogP contribution in [0.4, 0.5) is 0 Å². The third kappa shape index (κ3) is 3.89. The molecule has 1 aliphatic rings. The highest BCUT2D eigenvalue weighted by atomic mass is 14.9. The van der Waals surface area contributed by atoms with Crippen molar-refractivity contribution < 1.29 is 1.43 Å². The Morgan fingerprint density at radius 1 is 1.50 bits per heavy atom. The minimum Gasteiger partial charge on any atom is -0.316 e. The van der Waals surface area contributed by atoms with Gasteiger partial charge in [-0.1, -0.05) is 27.2 Å². The van der Waals surface area contributed by atoms with Gasteiger partial charge in [-0.05, 0) is 31.8 Å². The second-order valence-electron chi connectivity index (χ2n) is 2.62. The van der Waals surface area contributed by atoms with Crippen LogP contribution in [-0.2, 0) is 0 Å². The fourth-order valence-corrected chi connectivity index (χ4v) is 1.27. The summed E-state index contributed by atoms with van der Waals surface area (Å²) in [4.78, 5) is 0. The predicted octanol–water partition coefficient (Wildman–Crippen LogP) is 2.67. The quantitative estimate of drug-likeness (QED) is 0.598. The summed E-state index contributed by atoms with van der Waals surface area (Å²) in [5, 5.41) is 3.39. The van der Waals surface area contributed by atoms with Crippen molar-refractivity contribution in [2.75, 3.05) is 13.1 Å². The second-order valence-corrected chi connectivity index (χ2v) is 2.62. The first-order valence-corrected chi connectivity index (χ1v) is 4.64. The first-order valence-electron chi connectivity index (χ1n) is 4.64. The highest BCUT2D eigenvalue weighted by molar-refractivity contribution is 4.66. The minimum atomic E-state index is 0. The van der Waals surface area contributed by atoms with Crippen LogP contribution < -0.4 is 5.32 Å². The average Bonchev–Trinajstić information content (AvgIpc) is 2.10. The molecular formula is C9H23N. The monoisotopic (exact) mass is 145 g/mol. The van der Waals surface area contributed by atoms with Crippen molar-refractivity contribution in [2.45, 2.75) is 40.0 Å². The molecule has 0 aromatic rings. The van der Waals surface area contributed by atoms with E-state index in [1.165, 1.54) is 32.4 Å². The zero-order valence-electron chi connectivity index (χ0n) is 7.61. The molecule has 10 heavy (non-hydrogen) atoms. The van der Waals surface area contributed by atoms with Gasteiger partial charge in [-0.25, -0.2) is 0 Å². The number of hydrogen-bond acceptors (Lipinski definition) is 1. The Balaban J connectivity index is 0. The molecule has 0 aromatic carbocycles. The number of hydrogen-bond donors (Lipinski definition) is 1. The van der Waals surface area contributed by atoms with E-state index in [4.69, 9.17) is 0 Å². The van der Waals surface area contributed by atoms with E-state index in [-0.39, 0.29) is 1.43 Å². The zero-order valence-corrected chi connectivity index (χ0v) is 7.61. The Kier molecular flexibility index (Phi) is 7.04. The molecule has 0 saturated carbocycles. The van der Waals surface area contributed by atoms with Crippen molar-refractivity contribution in [1.29, 1.82) is 0 Å². The molecule has 0 aromatic heterocycles. The van der Waals surface area contributed by atoms with E-state index in [1.807, 2.05) is 13.8 Å². The highest BCUT2D eigenvalue weighted by Gasteiger charge is 2.08. The smallest absolute Gasteiger partial charge is 0 e. The maximum Gasteiger partial charge on any atom is 0 e. The van der Waals surface area contributed by atoms with Crippen LogP contribution in [0.1, 0.15) is 41.5 Å². The zero-order chi connectivity index (χ0) is 7.82. The minimum absolute atomic E-state index is 0. The number of rotatable bonds is 1. The molecule has 1 unspecified atom stereocenters. The van der Waals surface area contributed by atoms with E-state index in [2.05, 4.69) is 12.2 Å². The molecule has 0 radical (unpaired) electrons. The lowest BCUT2D eigenvalue weighted by Crippen LogP contribution is -2.29. The lowest BCUT2D eigenvalue weighted by molar-refractivity contribution is 0.369. The maximum atomic E-state index is 3.39. The van der Waals surface area contributed by atoms with Gasteiger partial charge in [0.2, 0.25) is 0 Å². The van der Waals surface area contributed by atoms with Gasteiger partial charge in [-0.3, -0.25) is 0 Å². The molecule has 1 heterocycles. The van der Waals surface area contributed by atoms with Crippen molar-refractivity contribution >= 4 is 0 Å². The average molecular weight is 145 g/mol. The van der Waals surface area contributed by atoms with Crippen molar-refractivity contribution in [2.24, 2.45) is 5.92 Å². The summed E-state index contributed by atoms with van der Waals surface area (Å²) in [5.74, 6) is 0.976. The Labute approximate surface area is 66.7 Å². The lowest BCUT2D eigenvalue weighted by atomic mass is 9.97. The maximum absolute atomic E-state index is 3.39. The third-order valence-electron chi connectivity index (χ3n) is 1.98. The SMILES string of the molecule is CC.CCC1CCCNC1.[HH]. The summed E-state index contributed by atoms with van der Waals surface area (Å²) in [7, 11) is 0. The molecule has 64 valence electrons. The Bertz CT molecular complexity index is 60.6. The van der Waals surface area contributed by atoms with Gasteiger partial charge in [-0.2, -0.15) is 0 Å². The summed E-state index contributed by atoms with van der Waals surface area (Å²) in [6.45, 7) is 8.78. The van der Waals surface area contributed by atoms with E-state index >= 15 is 0 Å². The van der Waals surface area contributed by atoms with E-state index in [0.717, 1.165) is 5.92 Å². The first kappa shape index (κ1) is 9.96. The van der Waals surface area contributed by atoms with Gasteiger partial charge in [0.1, 0.15) is 0 Å². The fourth-order valence-electron chi connectivity index (χ4n) is 1.27. The van der Waals surface area contributed by atoms with Crippen LogP contribution in [0.2, 0.25) is 0 Å². The topological polar surface area (TPSA) is 12.0 Å². The Hall–Kier alpha value is -0.0400. The molecule has 1 fully saturated rings. The Morgan fingerprint density at radius 2 is 2.20 bits per heavy atom. The van der Waals surface area contributed by atoms with Gasteiger partial charge in [0.25, 0.3) is 0 Å². The molecule has 0 bridgehead atoms. The van der Waals surface area contributed by atoms with Gasteiger partial charge in [-0.15, -0.1) is 0 Å². The van der Waals surface area contributed by atoms with E-state index < -0.39 is 0 Å². The van der Waals surface area contributed by atoms with E-state index in [0.29, 0.717) is 0 Å². The molecule has 0 amide bonds. The lowest BCUT2D eigenvalue weighted by Gasteiger charge is -2.20. The van der Waals surface area contributed by atoms with E-state index in [9.17, 15) is 0 Å². The largest absolute Gasteiger partial charge is 0.316 e. The van der Waals surface area contributed by atoms with Crippen molar-refractivity contribution in [3.63, 3.8) is 0 Å². The van der Waals surface area contributed by atoms with Crippen molar-refractivity contribution in [1.82, 2.24) is 5.32 Å². The van der Waals surface area contributed by atoms with Crippen LogP contribution in [0.3, 0.4) is 0 Å². The van der Waals surface area contributed by atoms with Gasteiger partial charge in [0.15, 0.2) is 0 Å². The second kappa shape index (κ2) is 7.07. The molecule has 1 aliphatic heterocycles. The van der Waals surface area contributed by atoms with Gasteiger partial charge in [0.05, 0.1) is 0 Å². The van der Waals surface area contributed by atoms with Gasteiger partial charge >= 0.3 is 0 Å². The molecule has 1 atom stereocenters. The summed E-state index contributed by atoms with van der Waals surface area (Å²) in [6, 6.07) is 0. The summed E-state index contributed by atoms with van der Waals surface area (Å²) >= 11 is 0. The van der Waals surface area contributed by atoms with Crippen LogP contribution >= 0.6 is 0 Å². The molecule has 0 aliphatic carbocycles. The first-order chi connectivity index (χ1) is 4.93. The fraction of sp³-hybridized carbons (Fsp3) is 1.00. The molecule has 1 N–H and O–H groups in total. The van der Waals surface area contributed by atoms with Crippen LogP contribution in [0.15, 0.2) is 0 Å². The number of nitrogens with one attached hydrogen (secondary N) is 1. The molecule has 1 nitrogen and oxygen atoms in total. The highest BCUT2D eigenvalue weighted by Crippen LogP contribution is 2.12. The molecule has 0 spiro atoms. The summed E-state index contributed by atoms with van der Waals surface area (Å²) in [6.07, 6.45) is 4.19. The van der Waals surface area contributed by atoms with Crippen LogP contribution in [0.5, 0.6) is 0 Å². The number of piperidine rings is 1. The molecule has 1 heteroatoms. The predicted molar refractivity (Wildman–Crippen MR) is 49.3 cm³/mol. The van der Waals surface area contributed by atoms with Crippen LogP contribution in [-0.4, -0.2) is 13.1 Å². The van der Waals surface area contributed by atoms with E-state index in [1.54, 1.807) is 0 Å². The van der Waals surface area contributed by atoms with Crippen LogP contribution in [0, 0.1) is 5.92 Å².